The Morgan fingerprint density at radius 2 is 2.00 bits per heavy atom. The van der Waals surface area contributed by atoms with Crippen LogP contribution >= 0.6 is 0 Å². The molecule has 50 valence electrons. The minimum atomic E-state index is -1.57. The zero-order valence-electron chi connectivity index (χ0n) is 4.25. The van der Waals surface area contributed by atoms with Gasteiger partial charge < -0.3 is 0 Å². The normalized spacial score (nSPS) is 7.38. The number of hydrogen-bond donors (Lipinski definition) is 0. The van der Waals surface area contributed by atoms with Crippen molar-refractivity contribution in [3.05, 3.63) is 12.2 Å². The maximum absolute atomic E-state index is 11.1. The molecule has 0 radical (unpaired) electrons. The van der Waals surface area contributed by atoms with Crippen molar-refractivity contribution in [2.24, 2.45) is 0 Å². The van der Waals surface area contributed by atoms with E-state index in [-0.39, 0.29) is 7.43 Å². The van der Waals surface area contributed by atoms with Crippen molar-refractivity contribution in [3.63, 3.8) is 0 Å². The largest absolute Gasteiger partial charge is 0.266 e. The van der Waals surface area contributed by atoms with Crippen molar-refractivity contribution >= 4 is 0 Å². The lowest BCUT2D eigenvalue weighted by Crippen LogP contribution is -1.60. The van der Waals surface area contributed by atoms with E-state index in [1.165, 1.54) is 0 Å². The predicted octanol–water partition coefficient (Wildman–Crippen LogP) is 3.20. The van der Waals surface area contributed by atoms with E-state index < -0.39 is 6.08 Å². The lowest BCUT2D eigenvalue weighted by atomic mass is 10.3. The molecular formula is C6H12F2. The molecule has 0 nitrogen and oxygen atoms in total. The first-order valence-corrected chi connectivity index (χ1v) is 2.28. The fourth-order valence-corrected chi connectivity index (χ4v) is 0.253. The van der Waals surface area contributed by atoms with Gasteiger partial charge in [-0.25, -0.2) is 0 Å². The molecule has 0 N–H and O–H groups in total. The van der Waals surface area contributed by atoms with E-state index in [2.05, 4.69) is 0 Å². The van der Waals surface area contributed by atoms with Crippen molar-refractivity contribution < 1.29 is 8.78 Å². The Labute approximate surface area is 49.2 Å². The third-order valence-corrected chi connectivity index (χ3v) is 0.587. The first kappa shape index (κ1) is 10.6. The molecule has 0 bridgehead atoms. The van der Waals surface area contributed by atoms with Crippen LogP contribution < -0.4 is 0 Å². The van der Waals surface area contributed by atoms with Gasteiger partial charge in [0.1, 0.15) is 0 Å². The maximum Gasteiger partial charge on any atom is 0.266 e. The zero-order chi connectivity index (χ0) is 5.70. The van der Waals surface area contributed by atoms with E-state index in [4.69, 9.17) is 0 Å². The highest BCUT2D eigenvalue weighted by Crippen LogP contribution is 1.99. The van der Waals surface area contributed by atoms with Crippen molar-refractivity contribution in [3.8, 4) is 0 Å². The molecule has 0 aromatic carbocycles. The van der Waals surface area contributed by atoms with E-state index in [0.717, 1.165) is 12.5 Å². The Morgan fingerprint density at radius 3 is 2.12 bits per heavy atom. The summed E-state index contributed by atoms with van der Waals surface area (Å²) in [6.45, 7) is 1.86. The predicted molar refractivity (Wildman–Crippen MR) is 31.9 cm³/mol. The standard InChI is InChI=1S/C5H8F2.CH4/c1-2-3-4-5(6)7;/h4H,2-3H2,1H3;1H4. The smallest absolute Gasteiger partial charge is 0.174 e. The zero-order valence-corrected chi connectivity index (χ0v) is 4.25. The van der Waals surface area contributed by atoms with Crippen LogP contribution in [0.25, 0.3) is 0 Å². The summed E-state index contributed by atoms with van der Waals surface area (Å²) in [5.74, 6) is 0. The molecule has 0 aliphatic rings. The van der Waals surface area contributed by atoms with E-state index in [1.807, 2.05) is 6.92 Å². The van der Waals surface area contributed by atoms with Crippen LogP contribution in [0.1, 0.15) is 27.2 Å². The average Bonchev–Trinajstić information content (AvgIpc) is 1.61. The SMILES string of the molecule is C.CCCC=C(F)F. The highest BCUT2D eigenvalue weighted by molar-refractivity contribution is 4.78. The van der Waals surface area contributed by atoms with Crippen LogP contribution in [0.5, 0.6) is 0 Å². The Hall–Kier alpha value is -0.400. The minimum absolute atomic E-state index is 0. The minimum Gasteiger partial charge on any atom is -0.174 e. The molecule has 8 heavy (non-hydrogen) atoms. The highest BCUT2D eigenvalue weighted by atomic mass is 19.3. The summed E-state index contributed by atoms with van der Waals surface area (Å²) in [5, 5.41) is 0. The van der Waals surface area contributed by atoms with Crippen LogP contribution in [0.15, 0.2) is 12.2 Å². The highest BCUT2D eigenvalue weighted by Gasteiger charge is 1.82. The third-order valence-electron chi connectivity index (χ3n) is 0.587. The number of halogens is 2. The second-order valence-corrected chi connectivity index (χ2v) is 1.28. The summed E-state index contributed by atoms with van der Waals surface area (Å²) in [5.41, 5.74) is 0. The molecule has 0 atom stereocenters. The van der Waals surface area contributed by atoms with Crippen molar-refractivity contribution in [2.75, 3.05) is 0 Å². The molecule has 0 fully saturated rings. The number of allylic oxidation sites excluding steroid dienone is 1. The lowest BCUT2D eigenvalue weighted by molar-refractivity contribution is 0.417. The van der Waals surface area contributed by atoms with Crippen molar-refractivity contribution in [2.45, 2.75) is 27.2 Å². The van der Waals surface area contributed by atoms with Crippen LogP contribution in [-0.4, -0.2) is 0 Å². The number of unbranched alkanes of at least 4 members (excludes halogenated alkanes) is 1. The molecular weight excluding hydrogens is 110 g/mol. The Kier molecular flexibility index (Phi) is 8.71. The van der Waals surface area contributed by atoms with Crippen LogP contribution in [0, 0.1) is 0 Å². The van der Waals surface area contributed by atoms with Crippen molar-refractivity contribution in [1.29, 1.82) is 0 Å². The van der Waals surface area contributed by atoms with E-state index in [0.29, 0.717) is 6.42 Å². The molecule has 0 rings (SSSR count). The van der Waals surface area contributed by atoms with E-state index in [9.17, 15) is 8.78 Å². The first-order chi connectivity index (χ1) is 3.27. The summed E-state index contributed by atoms with van der Waals surface area (Å²) in [7, 11) is 0. The topological polar surface area (TPSA) is 0 Å². The monoisotopic (exact) mass is 122 g/mol. The van der Waals surface area contributed by atoms with Gasteiger partial charge in [0.15, 0.2) is 0 Å². The Bertz CT molecular complexity index is 62.9. The summed E-state index contributed by atoms with van der Waals surface area (Å²) < 4.78 is 22.2. The molecule has 2 heteroatoms. The van der Waals surface area contributed by atoms with Gasteiger partial charge >= 0.3 is 0 Å². The van der Waals surface area contributed by atoms with Gasteiger partial charge in [-0.3, -0.25) is 0 Å². The lowest BCUT2D eigenvalue weighted by Gasteiger charge is -1.78. The molecule has 0 aliphatic heterocycles. The van der Waals surface area contributed by atoms with Gasteiger partial charge in [0, 0.05) is 0 Å². The average molecular weight is 122 g/mol. The second-order valence-electron chi connectivity index (χ2n) is 1.28. The van der Waals surface area contributed by atoms with Gasteiger partial charge in [0.2, 0.25) is 0 Å². The molecule has 0 unspecified atom stereocenters. The molecule has 0 aliphatic carbocycles. The number of hydrogen-bond acceptors (Lipinski definition) is 0. The summed E-state index contributed by atoms with van der Waals surface area (Å²) in [6, 6.07) is 0. The first-order valence-electron chi connectivity index (χ1n) is 2.28. The molecule has 0 heterocycles. The molecule has 0 aromatic heterocycles. The summed E-state index contributed by atoms with van der Waals surface area (Å²) in [4.78, 5) is 0. The fourth-order valence-electron chi connectivity index (χ4n) is 0.253. The van der Waals surface area contributed by atoms with Gasteiger partial charge in [-0.05, 0) is 12.5 Å². The Balaban J connectivity index is 0. The van der Waals surface area contributed by atoms with Gasteiger partial charge in [0.05, 0.1) is 0 Å². The fraction of sp³-hybridized carbons (Fsp3) is 0.667. The molecule has 0 amide bonds. The Morgan fingerprint density at radius 1 is 1.50 bits per heavy atom. The van der Waals surface area contributed by atoms with Gasteiger partial charge in [-0.2, -0.15) is 8.78 Å². The molecule has 0 saturated heterocycles. The molecule has 0 aromatic rings. The molecule has 0 saturated carbocycles. The molecule has 0 spiro atoms. The van der Waals surface area contributed by atoms with Gasteiger partial charge in [-0.1, -0.05) is 20.8 Å². The second kappa shape index (κ2) is 6.60. The van der Waals surface area contributed by atoms with Crippen LogP contribution in [0.4, 0.5) is 8.78 Å². The quantitative estimate of drug-likeness (QED) is 0.527. The number of rotatable bonds is 2. The van der Waals surface area contributed by atoms with Crippen LogP contribution in [-0.2, 0) is 0 Å². The summed E-state index contributed by atoms with van der Waals surface area (Å²) in [6.07, 6.45) is 0.640. The van der Waals surface area contributed by atoms with E-state index >= 15 is 0 Å². The van der Waals surface area contributed by atoms with Crippen LogP contribution in [0.3, 0.4) is 0 Å². The summed E-state index contributed by atoms with van der Waals surface area (Å²) >= 11 is 0. The third kappa shape index (κ3) is 9.14. The van der Waals surface area contributed by atoms with Crippen LogP contribution in [0.2, 0.25) is 0 Å². The van der Waals surface area contributed by atoms with Gasteiger partial charge in [0.25, 0.3) is 6.08 Å². The maximum atomic E-state index is 11.1. The van der Waals surface area contributed by atoms with Gasteiger partial charge in [-0.15, -0.1) is 0 Å². The van der Waals surface area contributed by atoms with E-state index in [1.54, 1.807) is 0 Å². The van der Waals surface area contributed by atoms with Crippen molar-refractivity contribution in [1.82, 2.24) is 0 Å².